The molecule has 1 aromatic carbocycles. The van der Waals surface area contributed by atoms with Crippen molar-refractivity contribution in [1.82, 2.24) is 14.9 Å². The van der Waals surface area contributed by atoms with Gasteiger partial charge in [-0.15, -0.1) is 0 Å². The van der Waals surface area contributed by atoms with Crippen LogP contribution in [0.2, 0.25) is 0 Å². The molecular formula is C20H28N4O2S. The van der Waals surface area contributed by atoms with Crippen molar-refractivity contribution >= 4 is 18.4 Å². The fourth-order valence-electron chi connectivity index (χ4n) is 3.37. The molecule has 0 amide bonds. The summed E-state index contributed by atoms with van der Waals surface area (Å²) < 4.78 is 13.8. The molecule has 3 rings (SSSR count). The zero-order valence-corrected chi connectivity index (χ0v) is 16.9. The van der Waals surface area contributed by atoms with Gasteiger partial charge in [-0.3, -0.25) is 5.10 Å². The SMILES string of the molecule is CCCOc1ccc(/C=N\n2c(C3CCCCC3)n[nH]c2=S)cc1OCC. The van der Waals surface area contributed by atoms with Crippen molar-refractivity contribution in [1.29, 1.82) is 0 Å². The molecule has 0 radical (unpaired) electrons. The Labute approximate surface area is 165 Å². The molecule has 1 aliphatic carbocycles. The second kappa shape index (κ2) is 9.69. The Bertz CT molecular complexity index is 822. The molecule has 1 aromatic heterocycles. The van der Waals surface area contributed by atoms with E-state index in [-0.39, 0.29) is 0 Å². The van der Waals surface area contributed by atoms with E-state index in [1.54, 1.807) is 10.9 Å². The van der Waals surface area contributed by atoms with Crippen LogP contribution in [0.4, 0.5) is 0 Å². The molecule has 1 fully saturated rings. The summed E-state index contributed by atoms with van der Waals surface area (Å²) in [4.78, 5) is 0. The lowest BCUT2D eigenvalue weighted by atomic mass is 9.89. The van der Waals surface area contributed by atoms with Crippen LogP contribution in [-0.2, 0) is 0 Å². The number of H-pyrrole nitrogens is 1. The van der Waals surface area contributed by atoms with E-state index in [9.17, 15) is 0 Å². The highest BCUT2D eigenvalue weighted by molar-refractivity contribution is 7.71. The average molecular weight is 389 g/mol. The minimum absolute atomic E-state index is 0.424. The van der Waals surface area contributed by atoms with Crippen molar-refractivity contribution in [2.45, 2.75) is 58.3 Å². The Hall–Kier alpha value is -2.15. The summed E-state index contributed by atoms with van der Waals surface area (Å²) >= 11 is 5.38. The van der Waals surface area contributed by atoms with Gasteiger partial charge in [0, 0.05) is 5.92 Å². The van der Waals surface area contributed by atoms with Gasteiger partial charge in [-0.25, -0.2) is 0 Å². The third-order valence-corrected chi connectivity index (χ3v) is 4.96. The quantitative estimate of drug-likeness (QED) is 0.507. The molecule has 7 heteroatoms. The number of aromatic amines is 1. The predicted octanol–water partition coefficient (Wildman–Crippen LogP) is 5.06. The highest BCUT2D eigenvalue weighted by atomic mass is 32.1. The van der Waals surface area contributed by atoms with Crippen LogP contribution in [0.15, 0.2) is 23.3 Å². The van der Waals surface area contributed by atoms with Gasteiger partial charge in [-0.05, 0) is 62.2 Å². The van der Waals surface area contributed by atoms with E-state index in [0.717, 1.165) is 42.1 Å². The maximum absolute atomic E-state index is 5.76. The molecule has 27 heavy (non-hydrogen) atoms. The van der Waals surface area contributed by atoms with E-state index in [1.807, 2.05) is 25.1 Å². The third kappa shape index (κ3) is 4.97. The Morgan fingerprint density at radius 3 is 2.78 bits per heavy atom. The summed E-state index contributed by atoms with van der Waals surface area (Å²) in [5, 5.41) is 11.9. The van der Waals surface area contributed by atoms with E-state index in [2.05, 4.69) is 22.2 Å². The molecule has 0 aliphatic heterocycles. The molecule has 6 nitrogen and oxygen atoms in total. The number of nitrogens with one attached hydrogen (secondary N) is 1. The summed E-state index contributed by atoms with van der Waals surface area (Å²) in [5.74, 6) is 2.85. The fraction of sp³-hybridized carbons (Fsp3) is 0.550. The van der Waals surface area contributed by atoms with E-state index >= 15 is 0 Å². The first-order valence-electron chi connectivity index (χ1n) is 9.84. The Morgan fingerprint density at radius 2 is 2.04 bits per heavy atom. The normalized spacial score (nSPS) is 15.3. The van der Waals surface area contributed by atoms with Crippen molar-refractivity contribution in [2.75, 3.05) is 13.2 Å². The first-order valence-corrected chi connectivity index (χ1v) is 10.2. The van der Waals surface area contributed by atoms with Gasteiger partial charge in [0.1, 0.15) is 0 Å². The van der Waals surface area contributed by atoms with Crippen LogP contribution >= 0.6 is 12.2 Å². The van der Waals surface area contributed by atoms with Gasteiger partial charge in [0.05, 0.1) is 19.4 Å². The minimum Gasteiger partial charge on any atom is -0.490 e. The summed E-state index contributed by atoms with van der Waals surface area (Å²) in [6.45, 7) is 5.30. The smallest absolute Gasteiger partial charge is 0.216 e. The summed E-state index contributed by atoms with van der Waals surface area (Å²) in [6, 6.07) is 5.85. The largest absolute Gasteiger partial charge is 0.490 e. The lowest BCUT2D eigenvalue weighted by Crippen LogP contribution is -2.10. The van der Waals surface area contributed by atoms with Crippen LogP contribution in [-0.4, -0.2) is 34.3 Å². The van der Waals surface area contributed by atoms with E-state index < -0.39 is 0 Å². The number of hydrogen-bond acceptors (Lipinski definition) is 5. The van der Waals surface area contributed by atoms with E-state index in [4.69, 9.17) is 21.7 Å². The molecule has 0 saturated heterocycles. The number of nitrogens with zero attached hydrogens (tertiary/aromatic N) is 3. The van der Waals surface area contributed by atoms with Crippen molar-refractivity contribution in [3.63, 3.8) is 0 Å². The Morgan fingerprint density at radius 1 is 1.22 bits per heavy atom. The standard InChI is InChI=1S/C20H28N4O2S/c1-3-12-26-17-11-10-15(13-18(17)25-4-2)14-21-24-19(22-23-20(24)27)16-8-6-5-7-9-16/h10-11,13-14,16H,3-9,12H2,1-2H3,(H,23,27)/b21-14-. The number of ether oxygens (including phenoxy) is 2. The third-order valence-electron chi connectivity index (χ3n) is 4.70. The monoisotopic (exact) mass is 388 g/mol. The lowest BCUT2D eigenvalue weighted by Gasteiger charge is -2.19. The van der Waals surface area contributed by atoms with Gasteiger partial charge in [-0.1, -0.05) is 26.2 Å². The maximum Gasteiger partial charge on any atom is 0.216 e. The van der Waals surface area contributed by atoms with Crippen LogP contribution in [0, 0.1) is 4.77 Å². The summed E-state index contributed by atoms with van der Waals surface area (Å²) in [5.41, 5.74) is 0.931. The van der Waals surface area contributed by atoms with E-state index in [0.29, 0.717) is 23.9 Å². The van der Waals surface area contributed by atoms with Crippen LogP contribution in [0.3, 0.4) is 0 Å². The van der Waals surface area contributed by atoms with Gasteiger partial charge in [0.25, 0.3) is 0 Å². The zero-order valence-electron chi connectivity index (χ0n) is 16.1. The van der Waals surface area contributed by atoms with Crippen molar-refractivity contribution in [3.8, 4) is 11.5 Å². The fourth-order valence-corrected chi connectivity index (χ4v) is 3.56. The highest BCUT2D eigenvalue weighted by Gasteiger charge is 2.21. The van der Waals surface area contributed by atoms with Gasteiger partial charge in [-0.2, -0.15) is 14.9 Å². The van der Waals surface area contributed by atoms with E-state index in [1.165, 1.54) is 19.3 Å². The minimum atomic E-state index is 0.424. The zero-order chi connectivity index (χ0) is 19.1. The van der Waals surface area contributed by atoms with Crippen LogP contribution in [0.25, 0.3) is 0 Å². The Balaban J connectivity index is 1.82. The molecule has 2 aromatic rings. The highest BCUT2D eigenvalue weighted by Crippen LogP contribution is 2.31. The molecule has 1 aliphatic rings. The Kier molecular flexibility index (Phi) is 7.04. The van der Waals surface area contributed by atoms with Gasteiger partial charge < -0.3 is 9.47 Å². The molecule has 0 spiro atoms. The molecule has 1 heterocycles. The molecule has 1 N–H and O–H groups in total. The van der Waals surface area contributed by atoms with Gasteiger partial charge >= 0.3 is 0 Å². The van der Waals surface area contributed by atoms with Crippen LogP contribution < -0.4 is 9.47 Å². The first-order chi connectivity index (χ1) is 13.2. The summed E-state index contributed by atoms with van der Waals surface area (Å²) in [6.07, 6.45) is 8.83. The molecule has 1 saturated carbocycles. The number of benzene rings is 1. The molecule has 0 atom stereocenters. The molecule has 0 unspecified atom stereocenters. The van der Waals surface area contributed by atoms with Gasteiger partial charge in [0.2, 0.25) is 4.77 Å². The predicted molar refractivity (Wildman–Crippen MR) is 110 cm³/mol. The van der Waals surface area contributed by atoms with Crippen LogP contribution in [0.5, 0.6) is 11.5 Å². The van der Waals surface area contributed by atoms with Crippen molar-refractivity contribution in [2.24, 2.45) is 5.10 Å². The molecule has 146 valence electrons. The topological polar surface area (TPSA) is 64.4 Å². The van der Waals surface area contributed by atoms with Gasteiger partial charge in [0.15, 0.2) is 17.3 Å². The van der Waals surface area contributed by atoms with Crippen molar-refractivity contribution < 1.29 is 9.47 Å². The van der Waals surface area contributed by atoms with Crippen LogP contribution in [0.1, 0.15) is 69.7 Å². The lowest BCUT2D eigenvalue weighted by molar-refractivity contribution is 0.277. The first kappa shape index (κ1) is 19.6. The van der Waals surface area contributed by atoms with Crippen molar-refractivity contribution in [3.05, 3.63) is 34.4 Å². The molecular weight excluding hydrogens is 360 g/mol. The maximum atomic E-state index is 5.76. The number of aromatic nitrogens is 3. The second-order valence-corrected chi connectivity index (χ2v) is 7.15. The number of rotatable bonds is 8. The summed E-state index contributed by atoms with van der Waals surface area (Å²) in [7, 11) is 0. The number of hydrogen-bond donors (Lipinski definition) is 1. The second-order valence-electron chi connectivity index (χ2n) is 6.77. The average Bonchev–Trinajstić information content (AvgIpc) is 3.07. The molecule has 0 bridgehead atoms.